The van der Waals surface area contributed by atoms with E-state index in [4.69, 9.17) is 4.74 Å². The van der Waals surface area contributed by atoms with E-state index < -0.39 is 5.97 Å². The molecule has 3 rings (SSSR count). The van der Waals surface area contributed by atoms with Gasteiger partial charge in [0.2, 0.25) is 5.78 Å². The van der Waals surface area contributed by atoms with Crippen molar-refractivity contribution in [3.05, 3.63) is 57.9 Å². The Morgan fingerprint density at radius 3 is 2.56 bits per heavy atom. The Morgan fingerprint density at radius 1 is 1.20 bits per heavy atom. The molecular formula is C20H25N2O3+. The number of ketones is 1. The molecule has 0 spiro atoms. The van der Waals surface area contributed by atoms with Crippen LogP contribution in [0.3, 0.4) is 0 Å². The molecule has 0 fully saturated rings. The monoisotopic (exact) mass is 341 g/mol. The second-order valence-electron chi connectivity index (χ2n) is 6.81. The standard InChI is InChI=1S/C20H24N2O3/c1-12-17(20(24)25-4)13(2)21-18(12)19(23)14(3)22-10-9-15-7-5-6-8-16(15)11-22/h5-8,14,21H,9-11H2,1-4H3/p+1/t14-/m1/s1. The van der Waals surface area contributed by atoms with Gasteiger partial charge >= 0.3 is 5.97 Å². The van der Waals surface area contributed by atoms with Gasteiger partial charge in [-0.05, 0) is 31.9 Å². The van der Waals surface area contributed by atoms with Crippen LogP contribution in [0, 0.1) is 13.8 Å². The number of aromatic nitrogens is 1. The number of Topliss-reactive ketones (excluding diaryl/α,β-unsaturated/α-hetero) is 1. The molecule has 25 heavy (non-hydrogen) atoms. The van der Waals surface area contributed by atoms with E-state index in [1.807, 2.05) is 6.92 Å². The summed E-state index contributed by atoms with van der Waals surface area (Å²) in [5, 5.41) is 0. The molecule has 1 unspecified atom stereocenters. The van der Waals surface area contributed by atoms with E-state index in [2.05, 4.69) is 29.2 Å². The molecular weight excluding hydrogens is 316 g/mol. The smallest absolute Gasteiger partial charge is 0.339 e. The highest BCUT2D eigenvalue weighted by molar-refractivity contribution is 6.03. The topological polar surface area (TPSA) is 63.6 Å². The van der Waals surface area contributed by atoms with Crippen molar-refractivity contribution in [2.45, 2.75) is 39.8 Å². The molecule has 0 amide bonds. The number of methoxy groups -OCH3 is 1. The zero-order chi connectivity index (χ0) is 18.1. The Hall–Kier alpha value is -2.40. The highest BCUT2D eigenvalue weighted by Crippen LogP contribution is 2.20. The molecule has 1 aromatic carbocycles. The Labute approximate surface area is 148 Å². The van der Waals surface area contributed by atoms with Crippen LogP contribution in [0.15, 0.2) is 24.3 Å². The number of aryl methyl sites for hydroxylation is 1. The van der Waals surface area contributed by atoms with Gasteiger partial charge in [0.05, 0.1) is 24.9 Å². The maximum atomic E-state index is 13.0. The number of hydrogen-bond donors (Lipinski definition) is 2. The van der Waals surface area contributed by atoms with E-state index in [0.29, 0.717) is 22.5 Å². The maximum Gasteiger partial charge on any atom is 0.339 e. The van der Waals surface area contributed by atoms with Crippen molar-refractivity contribution in [3.8, 4) is 0 Å². The van der Waals surface area contributed by atoms with Crippen LogP contribution >= 0.6 is 0 Å². The Bertz CT molecular complexity index is 822. The van der Waals surface area contributed by atoms with E-state index >= 15 is 0 Å². The maximum absolute atomic E-state index is 13.0. The largest absolute Gasteiger partial charge is 0.465 e. The second kappa shape index (κ2) is 6.84. The molecule has 5 nitrogen and oxygen atoms in total. The summed E-state index contributed by atoms with van der Waals surface area (Å²) in [5.41, 5.74) is 5.05. The molecule has 0 saturated heterocycles. The minimum absolute atomic E-state index is 0.0464. The summed E-state index contributed by atoms with van der Waals surface area (Å²) in [6, 6.07) is 8.26. The summed E-state index contributed by atoms with van der Waals surface area (Å²) in [7, 11) is 1.35. The lowest BCUT2D eigenvalue weighted by Gasteiger charge is -2.30. The molecule has 1 aliphatic rings. The lowest BCUT2D eigenvalue weighted by molar-refractivity contribution is -0.929. The first-order chi connectivity index (χ1) is 11.9. The van der Waals surface area contributed by atoms with Crippen molar-refractivity contribution in [1.29, 1.82) is 0 Å². The van der Waals surface area contributed by atoms with Gasteiger partial charge in [0, 0.05) is 17.7 Å². The van der Waals surface area contributed by atoms with E-state index in [-0.39, 0.29) is 11.8 Å². The molecule has 2 aromatic rings. The molecule has 0 saturated carbocycles. The summed E-state index contributed by atoms with van der Waals surface area (Å²) in [6.07, 6.45) is 0.985. The number of carbonyl (C=O) groups is 2. The summed E-state index contributed by atoms with van der Waals surface area (Å²) in [4.78, 5) is 29.4. The fourth-order valence-electron chi connectivity index (χ4n) is 3.78. The fourth-order valence-corrected chi connectivity index (χ4v) is 3.78. The third-order valence-corrected chi connectivity index (χ3v) is 5.33. The summed E-state index contributed by atoms with van der Waals surface area (Å²) in [5.74, 6) is -0.359. The van der Waals surface area contributed by atoms with Crippen LogP contribution in [0.4, 0.5) is 0 Å². The van der Waals surface area contributed by atoms with Gasteiger partial charge in [0.15, 0.2) is 6.04 Å². The molecule has 1 aliphatic heterocycles. The Kier molecular flexibility index (Phi) is 4.77. The predicted octanol–water partition coefficient (Wildman–Crippen LogP) is 1.63. The molecule has 1 aromatic heterocycles. The average Bonchev–Trinajstić information content (AvgIpc) is 2.93. The van der Waals surface area contributed by atoms with Crippen LogP contribution in [0.25, 0.3) is 0 Å². The van der Waals surface area contributed by atoms with Crippen molar-refractivity contribution in [3.63, 3.8) is 0 Å². The summed E-state index contributed by atoms with van der Waals surface area (Å²) >= 11 is 0. The number of esters is 1. The minimum atomic E-state index is -0.405. The van der Waals surface area contributed by atoms with Gasteiger partial charge in [-0.2, -0.15) is 0 Å². The SMILES string of the molecule is COC(=O)c1c(C)[nH]c(C(=O)[C@@H](C)[NH+]2CCc3ccccc3C2)c1C. The first-order valence-electron chi connectivity index (χ1n) is 8.67. The van der Waals surface area contributed by atoms with E-state index in [1.165, 1.54) is 23.1 Å². The van der Waals surface area contributed by atoms with Gasteiger partial charge in [0.1, 0.15) is 6.54 Å². The average molecular weight is 341 g/mol. The number of nitrogens with one attached hydrogen (secondary N) is 2. The Balaban J connectivity index is 1.83. The third-order valence-electron chi connectivity index (χ3n) is 5.33. The fraction of sp³-hybridized carbons (Fsp3) is 0.400. The quantitative estimate of drug-likeness (QED) is 0.656. The molecule has 0 aliphatic carbocycles. The van der Waals surface area contributed by atoms with Gasteiger partial charge in [-0.1, -0.05) is 24.3 Å². The van der Waals surface area contributed by atoms with E-state index in [9.17, 15) is 9.59 Å². The van der Waals surface area contributed by atoms with Crippen LogP contribution in [0.5, 0.6) is 0 Å². The van der Waals surface area contributed by atoms with Crippen molar-refractivity contribution >= 4 is 11.8 Å². The van der Waals surface area contributed by atoms with Crippen molar-refractivity contribution < 1.29 is 19.2 Å². The number of rotatable bonds is 4. The van der Waals surface area contributed by atoms with Crippen LogP contribution in [-0.4, -0.2) is 36.4 Å². The van der Waals surface area contributed by atoms with Gasteiger partial charge in [-0.15, -0.1) is 0 Å². The summed E-state index contributed by atoms with van der Waals surface area (Å²) < 4.78 is 4.83. The number of ether oxygens (including phenoxy) is 1. The lowest BCUT2D eigenvalue weighted by Crippen LogP contribution is -3.16. The third kappa shape index (κ3) is 3.12. The molecule has 2 N–H and O–H groups in total. The molecule has 0 bridgehead atoms. The number of benzene rings is 1. The van der Waals surface area contributed by atoms with Crippen molar-refractivity contribution in [2.24, 2.45) is 0 Å². The summed E-state index contributed by atoms with van der Waals surface area (Å²) in [6.45, 7) is 7.36. The first kappa shape index (κ1) is 17.4. The zero-order valence-electron chi connectivity index (χ0n) is 15.2. The molecule has 2 atom stereocenters. The zero-order valence-corrected chi connectivity index (χ0v) is 15.2. The van der Waals surface area contributed by atoms with E-state index in [0.717, 1.165) is 19.5 Å². The van der Waals surface area contributed by atoms with Crippen LogP contribution in [0.1, 0.15) is 50.2 Å². The molecule has 5 heteroatoms. The van der Waals surface area contributed by atoms with Crippen LogP contribution < -0.4 is 4.90 Å². The van der Waals surface area contributed by atoms with Gasteiger partial charge in [-0.3, -0.25) is 4.79 Å². The van der Waals surface area contributed by atoms with Gasteiger partial charge in [-0.25, -0.2) is 4.79 Å². The van der Waals surface area contributed by atoms with E-state index in [1.54, 1.807) is 13.8 Å². The highest BCUT2D eigenvalue weighted by Gasteiger charge is 2.32. The number of carbonyl (C=O) groups excluding carboxylic acids is 2. The lowest BCUT2D eigenvalue weighted by atomic mass is 9.97. The number of quaternary nitrogens is 1. The number of aromatic amines is 1. The van der Waals surface area contributed by atoms with Crippen LogP contribution in [-0.2, 0) is 17.7 Å². The normalized spacial score (nSPS) is 17.7. The van der Waals surface area contributed by atoms with Crippen LogP contribution in [0.2, 0.25) is 0 Å². The molecule has 2 heterocycles. The number of H-pyrrole nitrogens is 1. The van der Waals surface area contributed by atoms with Crippen molar-refractivity contribution in [2.75, 3.05) is 13.7 Å². The predicted molar refractivity (Wildman–Crippen MR) is 95.1 cm³/mol. The Morgan fingerprint density at radius 2 is 1.88 bits per heavy atom. The van der Waals surface area contributed by atoms with Gasteiger partial charge < -0.3 is 14.6 Å². The number of fused-ring (bicyclic) bond motifs is 1. The highest BCUT2D eigenvalue weighted by atomic mass is 16.5. The minimum Gasteiger partial charge on any atom is -0.465 e. The number of hydrogen-bond acceptors (Lipinski definition) is 3. The second-order valence-corrected chi connectivity index (χ2v) is 6.81. The molecule has 132 valence electrons. The van der Waals surface area contributed by atoms with Gasteiger partial charge in [0.25, 0.3) is 0 Å². The van der Waals surface area contributed by atoms with Crippen molar-refractivity contribution in [1.82, 2.24) is 4.98 Å². The first-order valence-corrected chi connectivity index (χ1v) is 8.67. The molecule has 0 radical (unpaired) electrons.